The molecule has 0 aromatic heterocycles. The SMILES string of the molecule is O=C(NCc1ccccc1O)C1Cc2ccccc2CN1. The molecule has 3 rings (SSSR count). The molecule has 108 valence electrons. The molecule has 0 saturated carbocycles. The fourth-order valence-corrected chi connectivity index (χ4v) is 2.61. The molecule has 1 aliphatic heterocycles. The molecule has 0 spiro atoms. The number of carbonyl (C=O) groups excluding carboxylic acids is 1. The zero-order valence-electron chi connectivity index (χ0n) is 11.7. The van der Waals surface area contributed by atoms with Crippen molar-refractivity contribution in [2.45, 2.75) is 25.6 Å². The molecule has 21 heavy (non-hydrogen) atoms. The zero-order chi connectivity index (χ0) is 14.7. The van der Waals surface area contributed by atoms with E-state index in [-0.39, 0.29) is 17.7 Å². The Bertz CT molecular complexity index is 655. The standard InChI is InChI=1S/C17H18N2O2/c20-16-8-4-3-7-14(16)11-19-17(21)15-9-12-5-1-2-6-13(12)10-18-15/h1-8,15,18,20H,9-11H2,(H,19,21). The van der Waals surface area contributed by atoms with Gasteiger partial charge in [0.15, 0.2) is 0 Å². The summed E-state index contributed by atoms with van der Waals surface area (Å²) in [6.07, 6.45) is 0.697. The maximum absolute atomic E-state index is 12.2. The van der Waals surface area contributed by atoms with E-state index in [1.165, 1.54) is 11.1 Å². The normalized spacial score (nSPS) is 17.0. The molecule has 1 heterocycles. The summed E-state index contributed by atoms with van der Waals surface area (Å²) >= 11 is 0. The molecule has 0 fully saturated rings. The first kappa shape index (κ1) is 13.6. The van der Waals surface area contributed by atoms with Crippen LogP contribution in [-0.2, 0) is 24.3 Å². The van der Waals surface area contributed by atoms with Gasteiger partial charge in [0, 0.05) is 18.7 Å². The number of rotatable bonds is 3. The summed E-state index contributed by atoms with van der Waals surface area (Å²) in [5.41, 5.74) is 3.20. The van der Waals surface area contributed by atoms with E-state index in [1.54, 1.807) is 18.2 Å². The largest absolute Gasteiger partial charge is 0.508 e. The summed E-state index contributed by atoms with van der Waals surface area (Å²) in [5, 5.41) is 15.8. The summed E-state index contributed by atoms with van der Waals surface area (Å²) in [5.74, 6) is 0.174. The molecule has 0 saturated heterocycles. The van der Waals surface area contributed by atoms with Crippen LogP contribution in [0.3, 0.4) is 0 Å². The van der Waals surface area contributed by atoms with Crippen LogP contribution < -0.4 is 10.6 Å². The van der Waals surface area contributed by atoms with E-state index in [0.717, 1.165) is 5.56 Å². The number of phenols is 1. The van der Waals surface area contributed by atoms with Gasteiger partial charge in [-0.3, -0.25) is 4.79 Å². The molecule has 1 aliphatic rings. The zero-order valence-corrected chi connectivity index (χ0v) is 11.7. The molecule has 4 heteroatoms. The van der Waals surface area contributed by atoms with E-state index in [2.05, 4.69) is 22.8 Å². The maximum atomic E-state index is 12.2. The van der Waals surface area contributed by atoms with Crippen molar-refractivity contribution in [2.75, 3.05) is 0 Å². The first-order chi connectivity index (χ1) is 10.2. The van der Waals surface area contributed by atoms with Gasteiger partial charge in [-0.25, -0.2) is 0 Å². The van der Waals surface area contributed by atoms with Gasteiger partial charge in [-0.05, 0) is 23.6 Å². The van der Waals surface area contributed by atoms with Crippen LogP contribution in [0, 0.1) is 0 Å². The summed E-state index contributed by atoms with van der Waals surface area (Å²) in [4.78, 5) is 12.2. The predicted octanol–water partition coefficient (Wildman–Crippen LogP) is 1.72. The van der Waals surface area contributed by atoms with Crippen molar-refractivity contribution < 1.29 is 9.90 Å². The second-order valence-electron chi connectivity index (χ2n) is 5.25. The van der Waals surface area contributed by atoms with Crippen LogP contribution in [0.1, 0.15) is 16.7 Å². The van der Waals surface area contributed by atoms with Crippen LogP contribution in [0.2, 0.25) is 0 Å². The van der Waals surface area contributed by atoms with Crippen LogP contribution in [-0.4, -0.2) is 17.1 Å². The Labute approximate surface area is 123 Å². The third-order valence-corrected chi connectivity index (χ3v) is 3.84. The third-order valence-electron chi connectivity index (χ3n) is 3.84. The Morgan fingerprint density at radius 3 is 2.67 bits per heavy atom. The number of hydrogen-bond acceptors (Lipinski definition) is 3. The van der Waals surface area contributed by atoms with Gasteiger partial charge in [-0.1, -0.05) is 42.5 Å². The molecule has 1 unspecified atom stereocenters. The third kappa shape index (κ3) is 3.06. The number of benzene rings is 2. The molecular formula is C17H18N2O2. The van der Waals surface area contributed by atoms with E-state index >= 15 is 0 Å². The molecule has 0 radical (unpaired) electrons. The van der Waals surface area contributed by atoms with E-state index in [0.29, 0.717) is 19.5 Å². The van der Waals surface area contributed by atoms with Gasteiger partial charge in [0.2, 0.25) is 5.91 Å². The fourth-order valence-electron chi connectivity index (χ4n) is 2.61. The Morgan fingerprint density at radius 1 is 1.14 bits per heavy atom. The van der Waals surface area contributed by atoms with E-state index < -0.39 is 0 Å². The van der Waals surface area contributed by atoms with Gasteiger partial charge >= 0.3 is 0 Å². The number of aromatic hydroxyl groups is 1. The monoisotopic (exact) mass is 282 g/mol. The van der Waals surface area contributed by atoms with Gasteiger partial charge in [0.25, 0.3) is 0 Å². The lowest BCUT2D eigenvalue weighted by Crippen LogP contribution is -2.47. The predicted molar refractivity (Wildman–Crippen MR) is 80.7 cm³/mol. The van der Waals surface area contributed by atoms with Crippen LogP contribution >= 0.6 is 0 Å². The van der Waals surface area contributed by atoms with Crippen molar-refractivity contribution in [3.05, 3.63) is 65.2 Å². The lowest BCUT2D eigenvalue weighted by molar-refractivity contribution is -0.123. The number of carbonyl (C=O) groups is 1. The van der Waals surface area contributed by atoms with Crippen molar-refractivity contribution in [1.82, 2.24) is 10.6 Å². The Hall–Kier alpha value is -2.33. The molecule has 0 aliphatic carbocycles. The van der Waals surface area contributed by atoms with Crippen LogP contribution in [0.4, 0.5) is 0 Å². The number of hydrogen-bond donors (Lipinski definition) is 3. The number of fused-ring (bicyclic) bond motifs is 1. The molecule has 1 amide bonds. The highest BCUT2D eigenvalue weighted by atomic mass is 16.3. The van der Waals surface area contributed by atoms with Gasteiger partial charge in [-0.2, -0.15) is 0 Å². The van der Waals surface area contributed by atoms with Gasteiger partial charge in [0.05, 0.1) is 6.04 Å². The van der Waals surface area contributed by atoms with E-state index in [4.69, 9.17) is 0 Å². The van der Waals surface area contributed by atoms with E-state index in [9.17, 15) is 9.90 Å². The van der Waals surface area contributed by atoms with E-state index in [1.807, 2.05) is 18.2 Å². The average Bonchev–Trinajstić information content (AvgIpc) is 2.53. The maximum Gasteiger partial charge on any atom is 0.237 e. The Balaban J connectivity index is 1.61. The molecule has 4 nitrogen and oxygen atoms in total. The Kier molecular flexibility index (Phi) is 3.88. The number of para-hydroxylation sites is 1. The molecule has 3 N–H and O–H groups in total. The second-order valence-corrected chi connectivity index (χ2v) is 5.25. The van der Waals surface area contributed by atoms with Crippen LogP contribution in [0.25, 0.3) is 0 Å². The minimum absolute atomic E-state index is 0.0345. The second kappa shape index (κ2) is 5.97. The summed E-state index contributed by atoms with van der Waals surface area (Å²) in [6.45, 7) is 1.05. The van der Waals surface area contributed by atoms with Gasteiger partial charge in [0.1, 0.15) is 5.75 Å². The van der Waals surface area contributed by atoms with Crippen LogP contribution in [0.15, 0.2) is 48.5 Å². The number of amides is 1. The van der Waals surface area contributed by atoms with Crippen molar-refractivity contribution in [3.63, 3.8) is 0 Å². The summed E-state index contributed by atoms with van der Waals surface area (Å²) in [7, 11) is 0. The molecule has 2 aromatic carbocycles. The summed E-state index contributed by atoms with van der Waals surface area (Å²) in [6, 6.07) is 15.0. The molecule has 1 atom stereocenters. The quantitative estimate of drug-likeness (QED) is 0.803. The van der Waals surface area contributed by atoms with Gasteiger partial charge in [-0.15, -0.1) is 0 Å². The molecular weight excluding hydrogens is 264 g/mol. The van der Waals surface area contributed by atoms with Crippen LogP contribution in [0.5, 0.6) is 5.75 Å². The minimum atomic E-state index is -0.217. The molecule has 2 aromatic rings. The van der Waals surface area contributed by atoms with Crippen molar-refractivity contribution in [2.24, 2.45) is 0 Å². The average molecular weight is 282 g/mol. The lowest BCUT2D eigenvalue weighted by atomic mass is 9.95. The topological polar surface area (TPSA) is 61.4 Å². The highest BCUT2D eigenvalue weighted by molar-refractivity contribution is 5.82. The lowest BCUT2D eigenvalue weighted by Gasteiger charge is -2.25. The first-order valence-corrected chi connectivity index (χ1v) is 7.09. The Morgan fingerprint density at radius 2 is 1.86 bits per heavy atom. The van der Waals surface area contributed by atoms with Crippen molar-refractivity contribution in [1.29, 1.82) is 0 Å². The highest BCUT2D eigenvalue weighted by Crippen LogP contribution is 2.17. The minimum Gasteiger partial charge on any atom is -0.508 e. The first-order valence-electron chi connectivity index (χ1n) is 7.09. The highest BCUT2D eigenvalue weighted by Gasteiger charge is 2.23. The number of nitrogens with one attached hydrogen (secondary N) is 2. The van der Waals surface area contributed by atoms with Crippen molar-refractivity contribution in [3.8, 4) is 5.75 Å². The fraction of sp³-hybridized carbons (Fsp3) is 0.235. The summed E-state index contributed by atoms with van der Waals surface area (Å²) < 4.78 is 0. The number of phenolic OH excluding ortho intramolecular Hbond substituents is 1. The van der Waals surface area contributed by atoms with Gasteiger partial charge < -0.3 is 15.7 Å². The smallest absolute Gasteiger partial charge is 0.237 e. The molecule has 0 bridgehead atoms. The van der Waals surface area contributed by atoms with Crippen molar-refractivity contribution >= 4 is 5.91 Å².